The summed E-state index contributed by atoms with van der Waals surface area (Å²) >= 11 is 1.34. The number of anilines is 1. The van der Waals surface area contributed by atoms with Gasteiger partial charge in [-0.3, -0.25) is 9.36 Å². The topological polar surface area (TPSA) is 85.8 Å². The van der Waals surface area contributed by atoms with E-state index in [-0.39, 0.29) is 5.91 Å². The number of nitrogens with one attached hydrogen (secondary N) is 1. The van der Waals surface area contributed by atoms with Crippen molar-refractivity contribution in [3.05, 3.63) is 12.7 Å². The number of allylic oxidation sites excluding steroid dienone is 1. The molecule has 1 aromatic heterocycles. The van der Waals surface area contributed by atoms with Crippen LogP contribution in [0.25, 0.3) is 0 Å². The van der Waals surface area contributed by atoms with Crippen LogP contribution in [0.5, 0.6) is 0 Å². The second-order valence-corrected chi connectivity index (χ2v) is 5.57. The van der Waals surface area contributed by atoms with E-state index in [0.717, 1.165) is 6.54 Å². The fourth-order valence-electron chi connectivity index (χ4n) is 1.84. The molecule has 0 saturated heterocycles. The molecule has 1 aromatic rings. The van der Waals surface area contributed by atoms with Crippen molar-refractivity contribution in [1.29, 1.82) is 0 Å². The molecule has 0 radical (unpaired) electrons. The van der Waals surface area contributed by atoms with Crippen molar-refractivity contribution in [1.82, 2.24) is 20.1 Å². The first kappa shape index (κ1) is 13.9. The van der Waals surface area contributed by atoms with E-state index >= 15 is 0 Å². The molecule has 0 unspecified atom stereocenters. The third-order valence-corrected chi connectivity index (χ3v) is 4.17. The molecule has 1 saturated carbocycles. The van der Waals surface area contributed by atoms with E-state index in [1.165, 1.54) is 31.0 Å². The maximum absolute atomic E-state index is 11.7. The Balaban J connectivity index is 1.77. The molecule has 2 rings (SSSR count). The molecule has 19 heavy (non-hydrogen) atoms. The van der Waals surface area contributed by atoms with Crippen LogP contribution in [0.4, 0.5) is 5.95 Å². The van der Waals surface area contributed by atoms with Gasteiger partial charge in [0, 0.05) is 13.1 Å². The van der Waals surface area contributed by atoms with Crippen molar-refractivity contribution in [3.8, 4) is 0 Å². The average Bonchev–Trinajstić information content (AvgIpc) is 2.67. The van der Waals surface area contributed by atoms with E-state index in [2.05, 4.69) is 22.1 Å². The standard InChI is InChI=1S/C12H19N5OS/c1-2-6-17-11(13)15-16-12(17)19-8-10(18)14-7-9-4-3-5-9/h2,9H,1,3-8H2,(H2,13,15)(H,14,18). The second kappa shape index (κ2) is 6.60. The Morgan fingerprint density at radius 1 is 1.58 bits per heavy atom. The maximum atomic E-state index is 11.7. The lowest BCUT2D eigenvalue weighted by atomic mass is 9.85. The summed E-state index contributed by atoms with van der Waals surface area (Å²) in [5.74, 6) is 1.39. The van der Waals surface area contributed by atoms with Crippen molar-refractivity contribution in [2.24, 2.45) is 5.92 Å². The number of hydrogen-bond acceptors (Lipinski definition) is 5. The SMILES string of the molecule is C=CCn1c(N)nnc1SCC(=O)NCC1CCC1. The summed E-state index contributed by atoms with van der Waals surface area (Å²) in [7, 11) is 0. The molecule has 0 atom stereocenters. The van der Waals surface area contributed by atoms with Gasteiger partial charge in [-0.15, -0.1) is 16.8 Å². The molecule has 104 valence electrons. The number of aromatic nitrogens is 3. The van der Waals surface area contributed by atoms with E-state index in [9.17, 15) is 4.79 Å². The number of hydrogen-bond donors (Lipinski definition) is 2. The van der Waals surface area contributed by atoms with E-state index in [0.29, 0.717) is 29.3 Å². The number of carbonyl (C=O) groups is 1. The first-order valence-corrected chi connectivity index (χ1v) is 7.38. The monoisotopic (exact) mass is 281 g/mol. The highest BCUT2D eigenvalue weighted by Gasteiger charge is 2.18. The zero-order valence-electron chi connectivity index (χ0n) is 10.8. The van der Waals surface area contributed by atoms with Gasteiger partial charge < -0.3 is 11.1 Å². The van der Waals surface area contributed by atoms with Crippen molar-refractivity contribution >= 4 is 23.6 Å². The third-order valence-electron chi connectivity index (χ3n) is 3.20. The summed E-state index contributed by atoms with van der Waals surface area (Å²) in [6, 6.07) is 0. The third kappa shape index (κ3) is 3.73. The smallest absolute Gasteiger partial charge is 0.230 e. The number of nitrogens with two attached hydrogens (primary N) is 1. The Kier molecular flexibility index (Phi) is 4.84. The average molecular weight is 281 g/mol. The Bertz CT molecular complexity index is 455. The largest absolute Gasteiger partial charge is 0.368 e. The van der Waals surface area contributed by atoms with Crippen LogP contribution in [0.1, 0.15) is 19.3 Å². The Hall–Kier alpha value is -1.50. The number of carbonyl (C=O) groups excluding carboxylic acids is 1. The van der Waals surface area contributed by atoms with Gasteiger partial charge in [0.2, 0.25) is 11.9 Å². The fraction of sp³-hybridized carbons (Fsp3) is 0.583. The molecule has 1 aliphatic carbocycles. The molecule has 0 spiro atoms. The van der Waals surface area contributed by atoms with Gasteiger partial charge in [-0.05, 0) is 18.8 Å². The van der Waals surface area contributed by atoms with Gasteiger partial charge in [0.05, 0.1) is 5.75 Å². The van der Waals surface area contributed by atoms with Crippen LogP contribution >= 0.6 is 11.8 Å². The van der Waals surface area contributed by atoms with Gasteiger partial charge in [-0.1, -0.05) is 24.3 Å². The number of amides is 1. The number of thioether (sulfide) groups is 1. The first-order chi connectivity index (χ1) is 9.20. The summed E-state index contributed by atoms with van der Waals surface area (Å²) in [5.41, 5.74) is 5.69. The molecule has 6 nitrogen and oxygen atoms in total. The lowest BCUT2D eigenvalue weighted by Gasteiger charge is -2.25. The summed E-state index contributed by atoms with van der Waals surface area (Å²) in [5, 5.41) is 11.3. The van der Waals surface area contributed by atoms with Crippen LogP contribution in [0.15, 0.2) is 17.8 Å². The highest BCUT2D eigenvalue weighted by Crippen LogP contribution is 2.25. The van der Waals surface area contributed by atoms with Gasteiger partial charge in [-0.2, -0.15) is 0 Å². The van der Waals surface area contributed by atoms with Gasteiger partial charge in [-0.25, -0.2) is 0 Å². The maximum Gasteiger partial charge on any atom is 0.230 e. The van der Waals surface area contributed by atoms with E-state index in [1.54, 1.807) is 10.6 Å². The minimum atomic E-state index is 0.0311. The normalized spacial score (nSPS) is 14.9. The van der Waals surface area contributed by atoms with E-state index < -0.39 is 0 Å². The fourth-order valence-corrected chi connectivity index (χ4v) is 2.63. The molecule has 1 aliphatic rings. The molecule has 1 amide bonds. The zero-order chi connectivity index (χ0) is 13.7. The molecular weight excluding hydrogens is 262 g/mol. The summed E-state index contributed by atoms with van der Waals surface area (Å²) in [6.07, 6.45) is 5.48. The second-order valence-electron chi connectivity index (χ2n) is 4.63. The number of rotatable bonds is 7. The molecule has 0 aromatic carbocycles. The van der Waals surface area contributed by atoms with Gasteiger partial charge in [0.1, 0.15) is 0 Å². The molecule has 7 heteroatoms. The first-order valence-electron chi connectivity index (χ1n) is 6.39. The van der Waals surface area contributed by atoms with Crippen LogP contribution in [0.2, 0.25) is 0 Å². The van der Waals surface area contributed by atoms with E-state index in [1.807, 2.05) is 0 Å². The van der Waals surface area contributed by atoms with Gasteiger partial charge in [0.25, 0.3) is 0 Å². The molecule has 3 N–H and O–H groups in total. The van der Waals surface area contributed by atoms with Crippen LogP contribution < -0.4 is 11.1 Å². The summed E-state index contributed by atoms with van der Waals surface area (Å²) in [4.78, 5) is 11.7. The van der Waals surface area contributed by atoms with Crippen LogP contribution in [-0.4, -0.2) is 33.0 Å². The van der Waals surface area contributed by atoms with Crippen LogP contribution in [0, 0.1) is 5.92 Å². The number of nitrogen functional groups attached to an aromatic ring is 1. The van der Waals surface area contributed by atoms with E-state index in [4.69, 9.17) is 5.73 Å². The lowest BCUT2D eigenvalue weighted by molar-refractivity contribution is -0.118. The molecular formula is C12H19N5OS. The van der Waals surface area contributed by atoms with Gasteiger partial charge >= 0.3 is 0 Å². The van der Waals surface area contributed by atoms with Crippen LogP contribution in [-0.2, 0) is 11.3 Å². The summed E-state index contributed by atoms with van der Waals surface area (Å²) < 4.78 is 1.73. The number of nitrogens with zero attached hydrogens (tertiary/aromatic N) is 3. The Morgan fingerprint density at radius 3 is 3.00 bits per heavy atom. The van der Waals surface area contributed by atoms with Crippen molar-refractivity contribution in [2.75, 3.05) is 18.0 Å². The minimum Gasteiger partial charge on any atom is -0.368 e. The molecule has 1 heterocycles. The van der Waals surface area contributed by atoms with Crippen molar-refractivity contribution in [2.45, 2.75) is 31.0 Å². The lowest BCUT2D eigenvalue weighted by Crippen LogP contribution is -2.33. The quantitative estimate of drug-likeness (QED) is 0.576. The zero-order valence-corrected chi connectivity index (χ0v) is 11.7. The van der Waals surface area contributed by atoms with Gasteiger partial charge in [0.15, 0.2) is 5.16 Å². The highest BCUT2D eigenvalue weighted by atomic mass is 32.2. The summed E-state index contributed by atoms with van der Waals surface area (Å²) in [6.45, 7) is 5.00. The minimum absolute atomic E-state index is 0.0311. The Labute approximate surface area is 116 Å². The highest BCUT2D eigenvalue weighted by molar-refractivity contribution is 7.99. The molecule has 0 bridgehead atoms. The van der Waals surface area contributed by atoms with Crippen molar-refractivity contribution in [3.63, 3.8) is 0 Å². The Morgan fingerprint density at radius 2 is 2.37 bits per heavy atom. The molecule has 1 fully saturated rings. The predicted molar refractivity (Wildman–Crippen MR) is 75.7 cm³/mol. The van der Waals surface area contributed by atoms with Crippen molar-refractivity contribution < 1.29 is 4.79 Å². The predicted octanol–water partition coefficient (Wildman–Crippen LogP) is 1.05. The molecule has 0 aliphatic heterocycles. The van der Waals surface area contributed by atoms with Crippen LogP contribution in [0.3, 0.4) is 0 Å².